The Labute approximate surface area is 174 Å². The highest BCUT2D eigenvalue weighted by molar-refractivity contribution is 5.30. The molecule has 3 rings (SSSR count). The highest BCUT2D eigenvalue weighted by Gasteiger charge is 2.40. The molecule has 0 aliphatic rings. The van der Waals surface area contributed by atoms with E-state index >= 15 is 0 Å². The van der Waals surface area contributed by atoms with Gasteiger partial charge in [0.1, 0.15) is 11.5 Å². The Morgan fingerprint density at radius 1 is 0.867 bits per heavy atom. The number of ether oxygens (including phenoxy) is 2. The Bertz CT molecular complexity index is 912. The molecule has 6 heteroatoms. The Kier molecular flexibility index (Phi) is 7.33. The van der Waals surface area contributed by atoms with E-state index in [2.05, 4.69) is 4.98 Å². The fraction of sp³-hybridized carbons (Fsp3) is 0.292. The van der Waals surface area contributed by atoms with Crippen molar-refractivity contribution in [2.75, 3.05) is 6.61 Å². The van der Waals surface area contributed by atoms with Crippen LogP contribution < -0.4 is 9.47 Å². The first-order chi connectivity index (χ1) is 14.5. The third-order valence-electron chi connectivity index (χ3n) is 4.66. The van der Waals surface area contributed by atoms with Crippen LogP contribution in [0.4, 0.5) is 13.2 Å². The number of rotatable bonds is 9. The number of pyridine rings is 1. The van der Waals surface area contributed by atoms with Crippen molar-refractivity contribution in [1.82, 2.24) is 4.98 Å². The third kappa shape index (κ3) is 6.24. The van der Waals surface area contributed by atoms with E-state index in [9.17, 15) is 13.2 Å². The second-order valence-electron chi connectivity index (χ2n) is 6.87. The highest BCUT2D eigenvalue weighted by atomic mass is 19.4. The van der Waals surface area contributed by atoms with Gasteiger partial charge in [-0.1, -0.05) is 36.4 Å². The predicted molar refractivity (Wildman–Crippen MR) is 110 cm³/mol. The van der Waals surface area contributed by atoms with Gasteiger partial charge in [-0.3, -0.25) is 0 Å². The van der Waals surface area contributed by atoms with Gasteiger partial charge in [0.25, 0.3) is 0 Å². The molecule has 158 valence electrons. The molecule has 0 aliphatic carbocycles. The molecule has 0 saturated carbocycles. The zero-order valence-electron chi connectivity index (χ0n) is 16.7. The molecule has 1 heterocycles. The molecular formula is C24H24F3NO2. The van der Waals surface area contributed by atoms with Gasteiger partial charge in [0, 0.05) is 11.8 Å². The molecule has 0 radical (unpaired) electrons. The SMILES string of the molecule is CCOc1ccc(C(CCCc2cccc(Oc3ccccc3)n2)C(F)(F)F)cc1. The summed E-state index contributed by atoms with van der Waals surface area (Å²) in [6, 6.07) is 20.7. The van der Waals surface area contributed by atoms with Crippen LogP contribution in [0, 0.1) is 0 Å². The molecule has 30 heavy (non-hydrogen) atoms. The topological polar surface area (TPSA) is 31.4 Å². The number of alkyl halides is 3. The maximum Gasteiger partial charge on any atom is 0.395 e. The lowest BCUT2D eigenvalue weighted by Gasteiger charge is -2.21. The number of aromatic nitrogens is 1. The van der Waals surface area contributed by atoms with Crippen LogP contribution in [0.3, 0.4) is 0 Å². The Hall–Kier alpha value is -3.02. The molecule has 0 spiro atoms. The minimum Gasteiger partial charge on any atom is -0.494 e. The molecule has 1 unspecified atom stereocenters. The maximum absolute atomic E-state index is 13.6. The molecule has 0 bridgehead atoms. The largest absolute Gasteiger partial charge is 0.494 e. The monoisotopic (exact) mass is 415 g/mol. The van der Waals surface area contributed by atoms with E-state index in [-0.39, 0.29) is 12.0 Å². The molecule has 0 amide bonds. The summed E-state index contributed by atoms with van der Waals surface area (Å²) in [5, 5.41) is 0. The van der Waals surface area contributed by atoms with Crippen LogP contribution in [0.2, 0.25) is 0 Å². The van der Waals surface area contributed by atoms with Crippen LogP contribution in [0.5, 0.6) is 17.4 Å². The standard InChI is InChI=1S/C24H24F3NO2/c1-2-29-20-16-14-18(15-17-20)22(24(25,26)27)12-6-8-19-9-7-13-23(28-19)30-21-10-4-3-5-11-21/h3-5,7,9-11,13-17,22H,2,6,8,12H2,1H3. The van der Waals surface area contributed by atoms with E-state index in [0.29, 0.717) is 42.5 Å². The summed E-state index contributed by atoms with van der Waals surface area (Å²) >= 11 is 0. The van der Waals surface area contributed by atoms with Crippen molar-refractivity contribution in [3.05, 3.63) is 84.1 Å². The average molecular weight is 415 g/mol. The van der Waals surface area contributed by atoms with Gasteiger partial charge in [0.2, 0.25) is 5.88 Å². The lowest BCUT2D eigenvalue weighted by atomic mass is 9.92. The number of halogens is 3. The quantitative estimate of drug-likeness (QED) is 0.379. The Balaban J connectivity index is 1.62. The summed E-state index contributed by atoms with van der Waals surface area (Å²) in [6.45, 7) is 2.31. The second kappa shape index (κ2) is 10.1. The molecule has 0 fully saturated rings. The maximum atomic E-state index is 13.6. The van der Waals surface area contributed by atoms with Crippen molar-refractivity contribution in [2.24, 2.45) is 0 Å². The lowest BCUT2D eigenvalue weighted by Crippen LogP contribution is -2.21. The zero-order valence-corrected chi connectivity index (χ0v) is 16.7. The van der Waals surface area contributed by atoms with Crippen LogP contribution in [-0.4, -0.2) is 17.8 Å². The summed E-state index contributed by atoms with van der Waals surface area (Å²) in [5.41, 5.74) is 0.955. The minimum atomic E-state index is -4.31. The number of nitrogens with zero attached hydrogens (tertiary/aromatic N) is 1. The van der Waals surface area contributed by atoms with Crippen LogP contribution in [-0.2, 0) is 6.42 Å². The summed E-state index contributed by atoms with van der Waals surface area (Å²) in [5.74, 6) is 0.144. The molecular weight excluding hydrogens is 391 g/mol. The molecule has 1 aromatic heterocycles. The number of hydrogen-bond acceptors (Lipinski definition) is 3. The Morgan fingerprint density at radius 3 is 2.27 bits per heavy atom. The minimum absolute atomic E-state index is 0.0110. The van der Waals surface area contributed by atoms with Crippen LogP contribution >= 0.6 is 0 Å². The number of hydrogen-bond donors (Lipinski definition) is 0. The van der Waals surface area contributed by atoms with E-state index < -0.39 is 12.1 Å². The summed E-state index contributed by atoms with van der Waals surface area (Å²) < 4.78 is 51.9. The molecule has 3 nitrogen and oxygen atoms in total. The van der Waals surface area contributed by atoms with E-state index in [1.807, 2.05) is 37.3 Å². The van der Waals surface area contributed by atoms with Gasteiger partial charge in [-0.15, -0.1) is 0 Å². The van der Waals surface area contributed by atoms with Gasteiger partial charge in [-0.2, -0.15) is 13.2 Å². The third-order valence-corrected chi connectivity index (χ3v) is 4.66. The smallest absolute Gasteiger partial charge is 0.395 e. The summed E-state index contributed by atoms with van der Waals surface area (Å²) in [7, 11) is 0. The Morgan fingerprint density at radius 2 is 1.60 bits per heavy atom. The number of benzene rings is 2. The van der Waals surface area contributed by atoms with Crippen LogP contribution in [0.1, 0.15) is 36.9 Å². The van der Waals surface area contributed by atoms with Gasteiger partial charge in [-0.25, -0.2) is 4.98 Å². The molecule has 1 atom stereocenters. The van der Waals surface area contributed by atoms with Gasteiger partial charge < -0.3 is 9.47 Å². The summed E-state index contributed by atoms with van der Waals surface area (Å²) in [4.78, 5) is 4.41. The summed E-state index contributed by atoms with van der Waals surface area (Å²) in [6.07, 6.45) is -3.52. The van der Waals surface area contributed by atoms with E-state index in [1.54, 1.807) is 30.3 Å². The molecule has 3 aromatic rings. The number of aryl methyl sites for hydroxylation is 1. The first kappa shape index (κ1) is 21.7. The lowest BCUT2D eigenvalue weighted by molar-refractivity contribution is -0.152. The fourth-order valence-corrected chi connectivity index (χ4v) is 3.23. The van der Waals surface area contributed by atoms with Crippen molar-refractivity contribution < 1.29 is 22.6 Å². The molecule has 0 N–H and O–H groups in total. The first-order valence-corrected chi connectivity index (χ1v) is 9.94. The van der Waals surface area contributed by atoms with Crippen molar-refractivity contribution >= 4 is 0 Å². The predicted octanol–water partition coefficient (Wildman–Crippen LogP) is 6.94. The fourth-order valence-electron chi connectivity index (χ4n) is 3.23. The zero-order chi connectivity index (χ0) is 21.4. The molecule has 0 saturated heterocycles. The van der Waals surface area contributed by atoms with Gasteiger partial charge in [0.15, 0.2) is 0 Å². The molecule has 0 aliphatic heterocycles. The second-order valence-corrected chi connectivity index (χ2v) is 6.87. The van der Waals surface area contributed by atoms with Gasteiger partial charge in [0.05, 0.1) is 12.5 Å². The van der Waals surface area contributed by atoms with E-state index in [4.69, 9.17) is 9.47 Å². The highest BCUT2D eigenvalue weighted by Crippen LogP contribution is 2.39. The normalized spacial score (nSPS) is 12.4. The van der Waals surface area contributed by atoms with Crippen molar-refractivity contribution in [2.45, 2.75) is 38.3 Å². The van der Waals surface area contributed by atoms with Crippen LogP contribution in [0.15, 0.2) is 72.8 Å². The van der Waals surface area contributed by atoms with Crippen LogP contribution in [0.25, 0.3) is 0 Å². The first-order valence-electron chi connectivity index (χ1n) is 9.94. The van der Waals surface area contributed by atoms with Crippen molar-refractivity contribution in [3.63, 3.8) is 0 Å². The van der Waals surface area contributed by atoms with Crippen molar-refractivity contribution in [1.29, 1.82) is 0 Å². The number of para-hydroxylation sites is 1. The van der Waals surface area contributed by atoms with Gasteiger partial charge >= 0.3 is 6.18 Å². The van der Waals surface area contributed by atoms with E-state index in [0.717, 1.165) is 0 Å². The van der Waals surface area contributed by atoms with Gasteiger partial charge in [-0.05, 0) is 62.1 Å². The average Bonchev–Trinajstić information content (AvgIpc) is 2.72. The van der Waals surface area contributed by atoms with Crippen molar-refractivity contribution in [3.8, 4) is 17.4 Å². The van der Waals surface area contributed by atoms with E-state index in [1.165, 1.54) is 12.1 Å². The molecule has 2 aromatic carbocycles.